The number of nitrogens with two attached hydrogens (primary N) is 1. The van der Waals surface area contributed by atoms with Gasteiger partial charge in [0.25, 0.3) is 0 Å². The minimum absolute atomic E-state index is 0.324. The van der Waals surface area contributed by atoms with Crippen molar-refractivity contribution in [3.8, 4) is 0 Å². The summed E-state index contributed by atoms with van der Waals surface area (Å²) in [5.41, 5.74) is 7.35. The van der Waals surface area contributed by atoms with Crippen LogP contribution in [-0.4, -0.2) is 30.1 Å². The van der Waals surface area contributed by atoms with Crippen LogP contribution in [0.15, 0.2) is 48.7 Å². The highest BCUT2D eigenvalue weighted by Crippen LogP contribution is 2.11. The Labute approximate surface area is 133 Å². The van der Waals surface area contributed by atoms with Crippen LogP contribution >= 0.6 is 0 Å². The van der Waals surface area contributed by atoms with Crippen LogP contribution in [-0.2, 0) is 16.0 Å². The van der Waals surface area contributed by atoms with E-state index < -0.39 is 12.1 Å². The molecule has 23 heavy (non-hydrogen) atoms. The van der Waals surface area contributed by atoms with Gasteiger partial charge in [0, 0.05) is 0 Å². The number of methoxy groups -OCH3 is 1. The van der Waals surface area contributed by atoms with Gasteiger partial charge in [-0.3, -0.25) is 10.1 Å². The summed E-state index contributed by atoms with van der Waals surface area (Å²) in [6, 6.07) is 12.0. The lowest BCUT2D eigenvalue weighted by Crippen LogP contribution is -2.37. The van der Waals surface area contributed by atoms with Gasteiger partial charge in [-0.25, -0.2) is 9.78 Å². The Balaban J connectivity index is 1.90. The first-order chi connectivity index (χ1) is 11.1. The zero-order chi connectivity index (χ0) is 16.7. The number of pyridine rings is 1. The molecule has 0 aliphatic heterocycles. The summed E-state index contributed by atoms with van der Waals surface area (Å²) < 4.78 is 4.47. The molecule has 0 fully saturated rings. The normalized spacial score (nSPS) is 11.4. The van der Waals surface area contributed by atoms with Gasteiger partial charge in [-0.05, 0) is 24.1 Å². The quantitative estimate of drug-likeness (QED) is 0.780. The molecule has 0 spiro atoms. The fourth-order valence-corrected chi connectivity index (χ4v) is 1.89. The molecule has 2 rings (SSSR count). The van der Waals surface area contributed by atoms with Gasteiger partial charge >= 0.3 is 6.09 Å². The number of benzene rings is 1. The van der Waals surface area contributed by atoms with Gasteiger partial charge in [0.1, 0.15) is 5.82 Å². The number of nitrogens with zero attached hydrogens (tertiary/aromatic N) is 1. The summed E-state index contributed by atoms with van der Waals surface area (Å²) in [5.74, 6) is 0.0314. The molecule has 1 unspecified atom stereocenters. The van der Waals surface area contributed by atoms with Gasteiger partial charge in [0.2, 0.25) is 5.91 Å². The Morgan fingerprint density at radius 1 is 1.17 bits per heavy atom. The molecular weight excluding hydrogens is 296 g/mol. The SMILES string of the molecule is COC(=O)Nc1ccc(NC(=O)C(N)Cc2ccccc2)nc1. The second-order valence-corrected chi connectivity index (χ2v) is 4.83. The van der Waals surface area contributed by atoms with Crippen molar-refractivity contribution >= 4 is 23.5 Å². The first-order valence-electron chi connectivity index (χ1n) is 7.00. The zero-order valence-electron chi connectivity index (χ0n) is 12.7. The van der Waals surface area contributed by atoms with Crippen LogP contribution in [0.2, 0.25) is 0 Å². The average molecular weight is 314 g/mol. The summed E-state index contributed by atoms with van der Waals surface area (Å²) in [4.78, 5) is 27.2. The van der Waals surface area contributed by atoms with E-state index in [0.29, 0.717) is 17.9 Å². The van der Waals surface area contributed by atoms with Crippen molar-refractivity contribution in [1.82, 2.24) is 4.98 Å². The van der Waals surface area contributed by atoms with Crippen molar-refractivity contribution < 1.29 is 14.3 Å². The topological polar surface area (TPSA) is 106 Å². The molecule has 1 heterocycles. The lowest BCUT2D eigenvalue weighted by molar-refractivity contribution is -0.117. The van der Waals surface area contributed by atoms with Gasteiger partial charge in [-0.1, -0.05) is 30.3 Å². The highest BCUT2D eigenvalue weighted by atomic mass is 16.5. The molecule has 4 N–H and O–H groups in total. The van der Waals surface area contributed by atoms with E-state index in [9.17, 15) is 9.59 Å². The summed E-state index contributed by atoms with van der Waals surface area (Å²) in [5, 5.41) is 5.10. The van der Waals surface area contributed by atoms with Crippen LogP contribution in [0.25, 0.3) is 0 Å². The number of carbonyl (C=O) groups excluding carboxylic acids is 2. The van der Waals surface area contributed by atoms with Crippen molar-refractivity contribution in [2.24, 2.45) is 5.73 Å². The Morgan fingerprint density at radius 3 is 2.52 bits per heavy atom. The molecule has 1 aromatic heterocycles. The number of hydrogen-bond acceptors (Lipinski definition) is 5. The van der Waals surface area contributed by atoms with Crippen LogP contribution in [0.4, 0.5) is 16.3 Å². The van der Waals surface area contributed by atoms with Crippen LogP contribution in [0, 0.1) is 0 Å². The lowest BCUT2D eigenvalue weighted by Gasteiger charge is -2.12. The number of anilines is 2. The second-order valence-electron chi connectivity index (χ2n) is 4.83. The molecule has 7 heteroatoms. The van der Waals surface area contributed by atoms with Gasteiger partial charge in [-0.2, -0.15) is 0 Å². The molecule has 1 aromatic carbocycles. The summed E-state index contributed by atoms with van der Waals surface area (Å²) >= 11 is 0. The predicted octanol–water partition coefficient (Wildman–Crippen LogP) is 1.77. The van der Waals surface area contributed by atoms with Gasteiger partial charge in [-0.15, -0.1) is 0 Å². The second kappa shape index (κ2) is 7.90. The van der Waals surface area contributed by atoms with E-state index in [1.165, 1.54) is 13.3 Å². The number of rotatable bonds is 5. The number of ether oxygens (including phenoxy) is 1. The molecular formula is C16H18N4O3. The minimum Gasteiger partial charge on any atom is -0.453 e. The third kappa shape index (κ3) is 5.08. The summed E-state index contributed by atoms with van der Waals surface area (Å²) in [7, 11) is 1.27. The monoisotopic (exact) mass is 314 g/mol. The third-order valence-corrected chi connectivity index (χ3v) is 3.08. The highest BCUT2D eigenvalue weighted by molar-refractivity contribution is 5.94. The fraction of sp³-hybridized carbons (Fsp3) is 0.188. The number of aromatic nitrogens is 1. The molecule has 2 amide bonds. The molecule has 0 bridgehead atoms. The molecule has 120 valence electrons. The minimum atomic E-state index is -0.674. The molecule has 0 aliphatic rings. The van der Waals surface area contributed by atoms with E-state index in [1.807, 2.05) is 30.3 Å². The van der Waals surface area contributed by atoms with E-state index in [4.69, 9.17) is 5.73 Å². The van der Waals surface area contributed by atoms with Crippen LogP contribution in [0.5, 0.6) is 0 Å². The maximum absolute atomic E-state index is 12.1. The average Bonchev–Trinajstić information content (AvgIpc) is 2.57. The smallest absolute Gasteiger partial charge is 0.411 e. The Morgan fingerprint density at radius 2 is 1.91 bits per heavy atom. The molecule has 1 atom stereocenters. The maximum Gasteiger partial charge on any atom is 0.411 e. The fourth-order valence-electron chi connectivity index (χ4n) is 1.89. The first-order valence-corrected chi connectivity index (χ1v) is 7.00. The Bertz CT molecular complexity index is 659. The summed E-state index contributed by atoms with van der Waals surface area (Å²) in [6.45, 7) is 0. The van der Waals surface area contributed by atoms with Gasteiger partial charge in [0.15, 0.2) is 0 Å². The van der Waals surface area contributed by atoms with Gasteiger partial charge < -0.3 is 15.8 Å². The molecule has 2 aromatic rings. The maximum atomic E-state index is 12.1. The molecule has 0 radical (unpaired) electrons. The van der Waals surface area contributed by atoms with E-state index >= 15 is 0 Å². The Hall–Kier alpha value is -2.93. The Kier molecular flexibility index (Phi) is 5.65. The van der Waals surface area contributed by atoms with Crippen LogP contribution in [0.3, 0.4) is 0 Å². The van der Waals surface area contributed by atoms with Crippen LogP contribution < -0.4 is 16.4 Å². The van der Waals surface area contributed by atoms with Crippen molar-refractivity contribution in [2.75, 3.05) is 17.7 Å². The number of carbonyl (C=O) groups is 2. The predicted molar refractivity (Wildman–Crippen MR) is 87.0 cm³/mol. The number of hydrogen-bond donors (Lipinski definition) is 3. The molecule has 0 saturated heterocycles. The van der Waals surface area contributed by atoms with Crippen LogP contribution in [0.1, 0.15) is 5.56 Å². The number of nitrogens with one attached hydrogen (secondary N) is 2. The standard InChI is InChI=1S/C16H18N4O3/c1-23-16(22)19-12-7-8-14(18-10-12)20-15(21)13(17)9-11-5-3-2-4-6-11/h2-8,10,13H,9,17H2,1H3,(H,19,22)(H,18,20,21). The zero-order valence-corrected chi connectivity index (χ0v) is 12.7. The molecule has 7 nitrogen and oxygen atoms in total. The van der Waals surface area contributed by atoms with Crippen molar-refractivity contribution in [1.29, 1.82) is 0 Å². The molecule has 0 saturated carbocycles. The summed E-state index contributed by atoms with van der Waals surface area (Å²) in [6.07, 6.45) is 1.26. The van der Waals surface area contributed by atoms with Gasteiger partial charge in [0.05, 0.1) is 25.0 Å². The third-order valence-electron chi connectivity index (χ3n) is 3.08. The van der Waals surface area contributed by atoms with Crippen molar-refractivity contribution in [3.63, 3.8) is 0 Å². The number of amides is 2. The van der Waals surface area contributed by atoms with Crippen molar-refractivity contribution in [3.05, 3.63) is 54.2 Å². The highest BCUT2D eigenvalue weighted by Gasteiger charge is 2.14. The van der Waals surface area contributed by atoms with E-state index in [0.717, 1.165) is 5.56 Å². The first kappa shape index (κ1) is 16.4. The lowest BCUT2D eigenvalue weighted by atomic mass is 10.1. The van der Waals surface area contributed by atoms with Crippen molar-refractivity contribution in [2.45, 2.75) is 12.5 Å². The van der Waals surface area contributed by atoms with E-state index in [-0.39, 0.29) is 5.91 Å². The molecule has 0 aliphatic carbocycles. The van der Waals surface area contributed by atoms with E-state index in [2.05, 4.69) is 20.4 Å². The van der Waals surface area contributed by atoms with E-state index in [1.54, 1.807) is 12.1 Å². The largest absolute Gasteiger partial charge is 0.453 e.